The zero-order chi connectivity index (χ0) is 31.9. The van der Waals surface area contributed by atoms with E-state index in [0.29, 0.717) is 32.1 Å². The molecule has 4 atom stereocenters. The van der Waals surface area contributed by atoms with Crippen LogP contribution in [-0.2, 0) is 6.18 Å². The number of piperazine rings is 1. The number of anilines is 2. The Morgan fingerprint density at radius 3 is 2.73 bits per heavy atom. The molecule has 2 aromatic heterocycles. The summed E-state index contributed by atoms with van der Waals surface area (Å²) in [6.45, 7) is 5.95. The van der Waals surface area contributed by atoms with Gasteiger partial charge < -0.3 is 20.7 Å². The number of nitrogen functional groups attached to an aromatic ring is 1. The largest absolute Gasteiger partial charge is 0.461 e. The lowest BCUT2D eigenvalue weighted by Crippen LogP contribution is -2.58. The summed E-state index contributed by atoms with van der Waals surface area (Å²) in [5, 5.41) is 3.22. The third kappa shape index (κ3) is 5.05. The predicted octanol–water partition coefficient (Wildman–Crippen LogP) is 5.68. The van der Waals surface area contributed by atoms with Crippen LogP contribution in [0.1, 0.15) is 37.7 Å². The van der Waals surface area contributed by atoms with Gasteiger partial charge in [-0.3, -0.25) is 4.90 Å². The van der Waals surface area contributed by atoms with Crippen LogP contribution in [0.25, 0.3) is 22.2 Å². The lowest BCUT2D eigenvalue weighted by molar-refractivity contribution is -0.139. The Morgan fingerprint density at radius 1 is 1.18 bits per heavy atom. The third-order valence-electron chi connectivity index (χ3n) is 9.62. The average molecular weight is 654 g/mol. The van der Waals surface area contributed by atoms with Gasteiger partial charge in [0.05, 0.1) is 27.4 Å². The highest BCUT2D eigenvalue weighted by Crippen LogP contribution is 2.46. The summed E-state index contributed by atoms with van der Waals surface area (Å²) in [6, 6.07) is 1.51. The maximum atomic E-state index is 16.6. The van der Waals surface area contributed by atoms with E-state index in [0.717, 1.165) is 25.8 Å². The van der Waals surface area contributed by atoms with Crippen molar-refractivity contribution >= 4 is 34.1 Å². The van der Waals surface area contributed by atoms with Crippen molar-refractivity contribution in [2.75, 3.05) is 43.4 Å². The first-order chi connectivity index (χ1) is 21.3. The van der Waals surface area contributed by atoms with E-state index >= 15 is 4.39 Å². The number of nitrogens with zero attached hydrogens (tertiary/aromatic N) is 5. The van der Waals surface area contributed by atoms with E-state index in [2.05, 4.69) is 26.8 Å². The van der Waals surface area contributed by atoms with Gasteiger partial charge in [-0.15, -0.1) is 6.58 Å². The summed E-state index contributed by atoms with van der Waals surface area (Å²) in [4.78, 5) is 16.6. The molecule has 4 saturated heterocycles. The van der Waals surface area contributed by atoms with Crippen LogP contribution in [0, 0.1) is 11.6 Å². The zero-order valence-corrected chi connectivity index (χ0v) is 24.8. The number of fused-ring (bicyclic) bond motifs is 4. The molecule has 2 bridgehead atoms. The van der Waals surface area contributed by atoms with Crippen LogP contribution in [0.4, 0.5) is 38.0 Å². The van der Waals surface area contributed by atoms with Gasteiger partial charge in [-0.2, -0.15) is 23.1 Å². The number of benzene rings is 1. The van der Waals surface area contributed by atoms with Crippen LogP contribution in [0.3, 0.4) is 0 Å². The number of ether oxygens (including phenoxy) is 1. The minimum atomic E-state index is -5.24. The molecule has 4 fully saturated rings. The van der Waals surface area contributed by atoms with Gasteiger partial charge in [-0.05, 0) is 38.3 Å². The minimum Gasteiger partial charge on any atom is -0.461 e. The monoisotopic (exact) mass is 653 g/mol. The Bertz CT molecular complexity index is 1710. The fraction of sp³-hybridized carbons (Fsp3) is 0.500. The molecular weight excluding hydrogens is 624 g/mol. The fourth-order valence-electron chi connectivity index (χ4n) is 7.62. The van der Waals surface area contributed by atoms with Gasteiger partial charge >= 0.3 is 12.2 Å². The quantitative estimate of drug-likeness (QED) is 0.260. The number of hydrogen-bond donors (Lipinski definition) is 2. The molecule has 0 amide bonds. The highest BCUT2D eigenvalue weighted by atomic mass is 35.5. The van der Waals surface area contributed by atoms with Crippen LogP contribution < -0.4 is 20.7 Å². The van der Waals surface area contributed by atoms with Crippen molar-refractivity contribution < 1.29 is 31.1 Å². The van der Waals surface area contributed by atoms with Gasteiger partial charge in [-0.25, -0.2) is 18.2 Å². The van der Waals surface area contributed by atoms with Crippen molar-refractivity contribution in [3.8, 4) is 17.3 Å². The van der Waals surface area contributed by atoms with Crippen molar-refractivity contribution in [2.45, 2.75) is 61.6 Å². The van der Waals surface area contributed by atoms with Crippen LogP contribution in [0.5, 0.6) is 6.01 Å². The molecule has 4 aliphatic heterocycles. The molecule has 0 radical (unpaired) electrons. The van der Waals surface area contributed by atoms with Gasteiger partial charge in [0.15, 0.2) is 5.82 Å². The number of aromatic nitrogens is 3. The Balaban J connectivity index is 1.39. The summed E-state index contributed by atoms with van der Waals surface area (Å²) >= 11 is 6.48. The Kier molecular flexibility index (Phi) is 7.13. The number of halogens is 7. The van der Waals surface area contributed by atoms with E-state index < -0.39 is 62.7 Å². The number of pyridine rings is 1. The molecule has 45 heavy (non-hydrogen) atoms. The van der Waals surface area contributed by atoms with Crippen LogP contribution in [0.15, 0.2) is 24.8 Å². The van der Waals surface area contributed by atoms with Gasteiger partial charge in [-0.1, -0.05) is 17.7 Å². The van der Waals surface area contributed by atoms with Crippen LogP contribution in [0.2, 0.25) is 5.02 Å². The Hall–Kier alpha value is -3.36. The van der Waals surface area contributed by atoms with E-state index in [1.807, 2.05) is 15.9 Å². The van der Waals surface area contributed by atoms with Crippen molar-refractivity contribution in [1.82, 2.24) is 25.2 Å². The Labute approximate surface area is 259 Å². The first-order valence-corrected chi connectivity index (χ1v) is 15.1. The predicted molar refractivity (Wildman–Crippen MR) is 157 cm³/mol. The molecule has 3 aromatic rings. The summed E-state index contributed by atoms with van der Waals surface area (Å²) in [6.07, 6.45) is -0.894. The molecule has 15 heteroatoms. The molecule has 6 heterocycles. The SMILES string of the molecule is C=CC12CCC(CN(c3nc(OCC45CCCN4CC(F)C5)nc4c(F)c(-c5nc(N)cc(F)c5C(F)(F)F)c(Cl)cc34)C1)N2. The highest BCUT2D eigenvalue weighted by molar-refractivity contribution is 6.34. The fourth-order valence-corrected chi connectivity index (χ4v) is 7.90. The molecule has 1 aromatic carbocycles. The van der Waals surface area contributed by atoms with Crippen LogP contribution in [-0.4, -0.2) is 75.9 Å². The number of nitrogens with one attached hydrogen (secondary N) is 1. The lowest BCUT2D eigenvalue weighted by Gasteiger charge is -2.40. The second-order valence-corrected chi connectivity index (χ2v) is 12.9. The third-order valence-corrected chi connectivity index (χ3v) is 9.92. The second kappa shape index (κ2) is 10.6. The molecule has 8 nitrogen and oxygen atoms in total. The van der Waals surface area contributed by atoms with Crippen molar-refractivity contribution in [3.05, 3.63) is 47.0 Å². The molecule has 0 spiro atoms. The topological polar surface area (TPSA) is 92.4 Å². The average Bonchev–Trinajstić information content (AvgIpc) is 3.59. The number of rotatable bonds is 6. The molecular formula is C30H30ClF6N7O. The summed E-state index contributed by atoms with van der Waals surface area (Å²) in [5.74, 6) is -3.31. The van der Waals surface area contributed by atoms with Gasteiger partial charge in [0, 0.05) is 43.5 Å². The van der Waals surface area contributed by atoms with Crippen molar-refractivity contribution in [1.29, 1.82) is 0 Å². The smallest absolute Gasteiger partial charge is 0.421 e. The molecule has 7 rings (SSSR count). The molecule has 0 saturated carbocycles. The van der Waals surface area contributed by atoms with Crippen molar-refractivity contribution in [2.24, 2.45) is 0 Å². The van der Waals surface area contributed by atoms with E-state index in [1.165, 1.54) is 6.07 Å². The maximum absolute atomic E-state index is 16.6. The normalized spacial score (nSPS) is 28.2. The van der Waals surface area contributed by atoms with E-state index in [1.54, 1.807) is 0 Å². The minimum absolute atomic E-state index is 0.0431. The number of alkyl halides is 4. The molecule has 3 N–H and O–H groups in total. The molecule has 4 unspecified atom stereocenters. The van der Waals surface area contributed by atoms with Gasteiger partial charge in [0.25, 0.3) is 0 Å². The Morgan fingerprint density at radius 2 is 1.98 bits per heavy atom. The standard InChI is InChI=1S/C30H30ClF6N7O/c1-2-28-6-4-16(42-28)12-43(13-28)26-17-8-18(31)21(25-22(30(35,36)37)19(33)9-20(38)39-25)23(34)24(17)40-27(41-26)45-14-29-5-3-7-44(29)11-15(32)10-29/h2,8-9,15-16,42H,1,3-7,10-14H2,(H2,38,39). The second-order valence-electron chi connectivity index (χ2n) is 12.5. The summed E-state index contributed by atoms with van der Waals surface area (Å²) in [5.41, 5.74) is 0.497. The first kappa shape index (κ1) is 30.3. The molecule has 4 aliphatic rings. The zero-order valence-electron chi connectivity index (χ0n) is 24.0. The van der Waals surface area contributed by atoms with E-state index in [4.69, 9.17) is 22.1 Å². The first-order valence-electron chi connectivity index (χ1n) is 14.7. The van der Waals surface area contributed by atoms with Gasteiger partial charge in [0.1, 0.15) is 41.3 Å². The summed E-state index contributed by atoms with van der Waals surface area (Å²) < 4.78 is 93.8. The van der Waals surface area contributed by atoms with Gasteiger partial charge in [0.2, 0.25) is 0 Å². The van der Waals surface area contributed by atoms with E-state index in [-0.39, 0.29) is 41.8 Å². The maximum Gasteiger partial charge on any atom is 0.421 e. The number of nitrogens with two attached hydrogens (primary N) is 1. The van der Waals surface area contributed by atoms with E-state index in [9.17, 15) is 22.0 Å². The number of hydrogen-bond acceptors (Lipinski definition) is 8. The highest BCUT2D eigenvalue weighted by Gasteiger charge is 2.50. The van der Waals surface area contributed by atoms with Crippen LogP contribution >= 0.6 is 11.6 Å². The van der Waals surface area contributed by atoms with Crippen molar-refractivity contribution in [3.63, 3.8) is 0 Å². The molecule has 240 valence electrons. The summed E-state index contributed by atoms with van der Waals surface area (Å²) in [7, 11) is 0. The lowest BCUT2D eigenvalue weighted by atomic mass is 9.95. The molecule has 0 aliphatic carbocycles.